The van der Waals surface area contributed by atoms with Crippen LogP contribution in [-0.4, -0.2) is 26.9 Å². The van der Waals surface area contributed by atoms with Crippen LogP contribution < -0.4 is 9.46 Å². The zero-order valence-corrected chi connectivity index (χ0v) is 11.7. The Kier molecular flexibility index (Phi) is 4.53. The Morgan fingerprint density at radius 2 is 2.12 bits per heavy atom. The molecular formula is C9H12INO4S. The summed E-state index contributed by atoms with van der Waals surface area (Å²) in [5, 5.41) is 9.69. The number of hydrogen-bond donors (Lipinski definition) is 2. The van der Waals surface area contributed by atoms with Gasteiger partial charge in [-0.3, -0.25) is 0 Å². The third-order valence-corrected chi connectivity index (χ3v) is 3.14. The first kappa shape index (κ1) is 13.7. The molecule has 0 aromatic heterocycles. The number of nitrogens with one attached hydrogen (secondary N) is 1. The van der Waals surface area contributed by atoms with Gasteiger partial charge in [-0.2, -0.15) is 4.72 Å². The van der Waals surface area contributed by atoms with Crippen LogP contribution in [0.2, 0.25) is 0 Å². The fraction of sp³-hybridized carbons (Fsp3) is 0.333. The molecule has 0 aliphatic rings. The lowest BCUT2D eigenvalue weighted by Crippen LogP contribution is -2.27. The number of ether oxygens (including phenoxy) is 1. The van der Waals surface area contributed by atoms with Crippen molar-refractivity contribution in [1.82, 2.24) is 4.72 Å². The average molecular weight is 357 g/mol. The van der Waals surface area contributed by atoms with Gasteiger partial charge in [0.2, 0.25) is 10.0 Å². The van der Waals surface area contributed by atoms with Gasteiger partial charge in [-0.15, -0.1) is 0 Å². The summed E-state index contributed by atoms with van der Waals surface area (Å²) in [6.07, 6.45) is -0.322. The molecule has 0 radical (unpaired) electrons. The highest BCUT2D eigenvalue weighted by molar-refractivity contribution is 14.1. The summed E-state index contributed by atoms with van der Waals surface area (Å²) in [6, 6.07) is 5.08. The summed E-state index contributed by atoms with van der Waals surface area (Å²) in [5.74, 6) is 0.440. The normalized spacial score (nSPS) is 13.5. The maximum absolute atomic E-state index is 11.0. The zero-order valence-electron chi connectivity index (χ0n) is 8.77. The lowest BCUT2D eigenvalue weighted by molar-refractivity contribution is 0.162. The van der Waals surface area contributed by atoms with Crippen molar-refractivity contribution < 1.29 is 18.3 Å². The molecule has 2 N–H and O–H groups in total. The molecule has 90 valence electrons. The lowest BCUT2D eigenvalue weighted by Gasteiger charge is -2.15. The molecule has 0 bridgehead atoms. The van der Waals surface area contributed by atoms with Gasteiger partial charge < -0.3 is 9.84 Å². The molecule has 0 saturated heterocycles. The molecule has 1 aromatic rings. The minimum absolute atomic E-state index is 0.383. The Morgan fingerprint density at radius 1 is 1.50 bits per heavy atom. The van der Waals surface area contributed by atoms with E-state index < -0.39 is 16.3 Å². The summed E-state index contributed by atoms with van der Waals surface area (Å²) >= 11 is 2.10. The molecule has 0 heterocycles. The van der Waals surface area contributed by atoms with Crippen molar-refractivity contribution in [3.63, 3.8) is 0 Å². The number of halogens is 1. The molecule has 1 unspecified atom stereocenters. The van der Waals surface area contributed by atoms with E-state index in [0.29, 0.717) is 11.3 Å². The Labute approximate surface area is 108 Å². The van der Waals surface area contributed by atoms with Gasteiger partial charge in [-0.05, 0) is 34.7 Å². The number of hydrogen-bond acceptors (Lipinski definition) is 4. The van der Waals surface area contributed by atoms with Gasteiger partial charge in [-0.1, -0.05) is 6.07 Å². The summed E-state index contributed by atoms with van der Waals surface area (Å²) in [5.41, 5.74) is 0.383. The molecule has 0 aliphatic heterocycles. The van der Waals surface area contributed by atoms with E-state index in [1.54, 1.807) is 18.2 Å². The Morgan fingerprint density at radius 3 is 2.62 bits per heavy atom. The molecule has 0 aliphatic carbocycles. The second kappa shape index (κ2) is 5.30. The van der Waals surface area contributed by atoms with Gasteiger partial charge in [0.05, 0.1) is 13.4 Å². The van der Waals surface area contributed by atoms with E-state index in [4.69, 9.17) is 4.74 Å². The van der Waals surface area contributed by atoms with Crippen LogP contribution in [-0.2, 0) is 10.0 Å². The van der Waals surface area contributed by atoms with Gasteiger partial charge in [-0.25, -0.2) is 8.42 Å². The number of sulfonamides is 1. The minimum Gasteiger partial charge on any atom is -0.496 e. The molecule has 1 atom stereocenters. The summed E-state index contributed by atoms with van der Waals surface area (Å²) in [7, 11) is -2.00. The maximum atomic E-state index is 11.0. The second-order valence-corrected chi connectivity index (χ2v) is 6.20. The molecule has 0 amide bonds. The molecule has 5 nitrogen and oxygen atoms in total. The van der Waals surface area contributed by atoms with Crippen LogP contribution in [0.15, 0.2) is 18.2 Å². The Balaban J connectivity index is 3.03. The van der Waals surface area contributed by atoms with E-state index in [1.165, 1.54) is 7.11 Å². The van der Waals surface area contributed by atoms with Crippen molar-refractivity contribution in [2.75, 3.05) is 13.4 Å². The number of methoxy groups -OCH3 is 1. The molecule has 7 heteroatoms. The van der Waals surface area contributed by atoms with E-state index in [1.807, 2.05) is 0 Å². The van der Waals surface area contributed by atoms with Crippen molar-refractivity contribution in [2.24, 2.45) is 0 Å². The topological polar surface area (TPSA) is 75.6 Å². The van der Waals surface area contributed by atoms with Crippen molar-refractivity contribution in [1.29, 1.82) is 0 Å². The first-order valence-corrected chi connectivity index (χ1v) is 7.29. The average Bonchev–Trinajstić information content (AvgIpc) is 2.14. The highest BCUT2D eigenvalue weighted by atomic mass is 127. The number of benzene rings is 1. The van der Waals surface area contributed by atoms with Gasteiger partial charge >= 0.3 is 0 Å². The van der Waals surface area contributed by atoms with E-state index >= 15 is 0 Å². The smallest absolute Gasteiger partial charge is 0.211 e. The van der Waals surface area contributed by atoms with Crippen LogP contribution >= 0.6 is 22.6 Å². The highest BCUT2D eigenvalue weighted by Crippen LogP contribution is 2.26. The zero-order chi connectivity index (χ0) is 12.3. The fourth-order valence-electron chi connectivity index (χ4n) is 1.18. The molecule has 16 heavy (non-hydrogen) atoms. The van der Waals surface area contributed by atoms with Crippen molar-refractivity contribution in [3.8, 4) is 5.75 Å². The van der Waals surface area contributed by atoms with Crippen molar-refractivity contribution in [2.45, 2.75) is 6.23 Å². The second-order valence-electron chi connectivity index (χ2n) is 3.18. The fourth-order valence-corrected chi connectivity index (χ4v) is 2.17. The van der Waals surface area contributed by atoms with Crippen molar-refractivity contribution >= 4 is 32.6 Å². The molecule has 0 fully saturated rings. The highest BCUT2D eigenvalue weighted by Gasteiger charge is 2.16. The largest absolute Gasteiger partial charge is 0.496 e. The number of aliphatic hydroxyl groups excluding tert-OH is 1. The number of aliphatic hydroxyl groups is 1. The van der Waals surface area contributed by atoms with Crippen LogP contribution in [0.25, 0.3) is 0 Å². The predicted molar refractivity (Wildman–Crippen MR) is 68.7 cm³/mol. The van der Waals surface area contributed by atoms with Crippen LogP contribution in [0.1, 0.15) is 11.8 Å². The minimum atomic E-state index is -3.46. The third kappa shape index (κ3) is 3.89. The standard InChI is InChI=1S/C9H12INO4S/c1-15-8-5-6(10)3-4-7(8)9(12)11-16(2,13)14/h3-5,9,11-12H,1-2H3. The third-order valence-electron chi connectivity index (χ3n) is 1.82. The monoisotopic (exact) mass is 357 g/mol. The summed E-state index contributed by atoms with van der Waals surface area (Å²) < 4.78 is 30.0. The first-order valence-electron chi connectivity index (χ1n) is 4.32. The van der Waals surface area contributed by atoms with Crippen LogP contribution in [0.4, 0.5) is 0 Å². The Hall–Kier alpha value is -0.380. The maximum Gasteiger partial charge on any atom is 0.211 e. The molecule has 0 saturated carbocycles. The van der Waals surface area contributed by atoms with Gasteiger partial charge in [0.15, 0.2) is 0 Å². The lowest BCUT2D eigenvalue weighted by atomic mass is 10.2. The van der Waals surface area contributed by atoms with E-state index in [2.05, 4.69) is 27.3 Å². The van der Waals surface area contributed by atoms with E-state index in [-0.39, 0.29) is 0 Å². The predicted octanol–water partition coefficient (Wildman–Crippen LogP) is 0.840. The number of rotatable bonds is 4. The summed E-state index contributed by atoms with van der Waals surface area (Å²) in [6.45, 7) is 0. The van der Waals surface area contributed by atoms with Gasteiger partial charge in [0, 0.05) is 9.13 Å². The van der Waals surface area contributed by atoms with Gasteiger partial charge in [0.1, 0.15) is 12.0 Å². The van der Waals surface area contributed by atoms with Crippen molar-refractivity contribution in [3.05, 3.63) is 27.3 Å². The molecule has 0 spiro atoms. The SMILES string of the molecule is COc1cc(I)ccc1C(O)NS(C)(=O)=O. The van der Waals surface area contributed by atoms with Crippen LogP contribution in [0.3, 0.4) is 0 Å². The van der Waals surface area contributed by atoms with E-state index in [9.17, 15) is 13.5 Å². The van der Waals surface area contributed by atoms with E-state index in [0.717, 1.165) is 9.83 Å². The van der Waals surface area contributed by atoms with Crippen LogP contribution in [0, 0.1) is 3.57 Å². The molecular weight excluding hydrogens is 345 g/mol. The first-order chi connectivity index (χ1) is 7.33. The van der Waals surface area contributed by atoms with Gasteiger partial charge in [0.25, 0.3) is 0 Å². The summed E-state index contributed by atoms with van der Waals surface area (Å²) in [4.78, 5) is 0. The quantitative estimate of drug-likeness (QED) is 0.619. The van der Waals surface area contributed by atoms with Crippen LogP contribution in [0.5, 0.6) is 5.75 Å². The molecule has 1 aromatic carbocycles. The Bertz CT molecular complexity index is 474. The molecule has 1 rings (SSSR count).